The van der Waals surface area contributed by atoms with E-state index in [1.54, 1.807) is 12.1 Å². The molecule has 0 atom stereocenters. The molecule has 90 valence electrons. The predicted molar refractivity (Wildman–Crippen MR) is 67.4 cm³/mol. The molecule has 1 rings (SSSR count). The van der Waals surface area contributed by atoms with E-state index in [0.29, 0.717) is 12.3 Å². The van der Waals surface area contributed by atoms with Crippen molar-refractivity contribution in [3.8, 4) is 0 Å². The van der Waals surface area contributed by atoms with Crippen LogP contribution in [0.5, 0.6) is 0 Å². The molecule has 0 unspecified atom stereocenters. The zero-order valence-electron chi connectivity index (χ0n) is 10.8. The zero-order chi connectivity index (χ0) is 12.4. The Morgan fingerprint density at radius 2 is 1.94 bits per heavy atom. The van der Waals surface area contributed by atoms with Gasteiger partial charge in [0.2, 0.25) is 5.69 Å². The summed E-state index contributed by atoms with van der Waals surface area (Å²) >= 11 is 0. The van der Waals surface area contributed by atoms with Gasteiger partial charge in [-0.05, 0) is 24.2 Å². The lowest BCUT2D eigenvalue weighted by Gasteiger charge is -2.35. The molecule has 0 saturated heterocycles. The Balaban J connectivity index is 2.69. The molecule has 0 N–H and O–H groups in total. The number of pyridine rings is 1. The number of nitrogens with zero attached hydrogens (tertiary/aromatic N) is 1. The average Bonchev–Trinajstić information content (AvgIpc) is 2.15. The predicted octanol–water partition coefficient (Wildman–Crippen LogP) is 2.84. The highest BCUT2D eigenvalue weighted by Gasteiger charge is 2.37. The molecule has 0 radical (unpaired) electrons. The van der Waals surface area contributed by atoms with Crippen molar-refractivity contribution in [3.63, 3.8) is 0 Å². The molecular weight excluding hydrogens is 218 g/mol. The molecule has 0 amide bonds. The third-order valence-corrected chi connectivity index (χ3v) is 7.77. The van der Waals surface area contributed by atoms with Gasteiger partial charge in [-0.15, -0.1) is 0 Å². The summed E-state index contributed by atoms with van der Waals surface area (Å²) in [5.74, 6) is 0. The van der Waals surface area contributed by atoms with Crippen molar-refractivity contribution in [2.45, 2.75) is 45.5 Å². The Morgan fingerprint density at radius 3 is 2.44 bits per heavy atom. The van der Waals surface area contributed by atoms with Crippen molar-refractivity contribution < 1.29 is 9.16 Å². The molecule has 0 bridgehead atoms. The van der Waals surface area contributed by atoms with Crippen molar-refractivity contribution in [2.75, 3.05) is 0 Å². The summed E-state index contributed by atoms with van der Waals surface area (Å²) in [5, 5.41) is 11.6. The smallest absolute Gasteiger partial charge is 0.217 e. The van der Waals surface area contributed by atoms with Crippen molar-refractivity contribution in [3.05, 3.63) is 35.3 Å². The lowest BCUT2D eigenvalue weighted by molar-refractivity contribution is -0.616. The number of hydrogen-bond donors (Lipinski definition) is 0. The minimum atomic E-state index is -1.76. The number of hydrogen-bond acceptors (Lipinski definition) is 2. The van der Waals surface area contributed by atoms with Gasteiger partial charge in [0.15, 0.2) is 14.5 Å². The van der Waals surface area contributed by atoms with Crippen LogP contribution < -0.4 is 4.73 Å². The monoisotopic (exact) mass is 239 g/mol. The van der Waals surface area contributed by atoms with Crippen molar-refractivity contribution >= 4 is 8.32 Å². The minimum Gasteiger partial charge on any atom is -0.618 e. The largest absolute Gasteiger partial charge is 0.618 e. The van der Waals surface area contributed by atoms with E-state index in [0.717, 1.165) is 4.73 Å². The van der Waals surface area contributed by atoms with Gasteiger partial charge in [0.25, 0.3) is 0 Å². The van der Waals surface area contributed by atoms with Crippen molar-refractivity contribution in [2.24, 2.45) is 0 Å². The van der Waals surface area contributed by atoms with Crippen LogP contribution in [0.1, 0.15) is 26.5 Å². The molecule has 0 aromatic carbocycles. The molecule has 0 aliphatic carbocycles. The third-order valence-electron chi connectivity index (χ3n) is 3.29. The van der Waals surface area contributed by atoms with Crippen molar-refractivity contribution in [1.82, 2.24) is 0 Å². The topological polar surface area (TPSA) is 36.2 Å². The molecule has 0 saturated carbocycles. The minimum absolute atomic E-state index is 0.176. The molecule has 1 aromatic rings. The van der Waals surface area contributed by atoms with Gasteiger partial charge in [-0.2, -0.15) is 4.73 Å². The molecule has 0 fully saturated rings. The second-order valence-corrected chi connectivity index (χ2v) is 10.4. The van der Waals surface area contributed by atoms with E-state index < -0.39 is 8.32 Å². The molecule has 0 aliphatic heterocycles. The quantitative estimate of drug-likeness (QED) is 0.462. The van der Waals surface area contributed by atoms with E-state index >= 15 is 0 Å². The summed E-state index contributed by atoms with van der Waals surface area (Å²) < 4.78 is 6.85. The maximum absolute atomic E-state index is 11.4. The van der Waals surface area contributed by atoms with E-state index in [-0.39, 0.29) is 5.04 Å². The highest BCUT2D eigenvalue weighted by molar-refractivity contribution is 6.74. The first-order valence-corrected chi connectivity index (χ1v) is 8.46. The Morgan fingerprint density at radius 1 is 1.31 bits per heavy atom. The molecule has 3 nitrogen and oxygen atoms in total. The van der Waals surface area contributed by atoms with Gasteiger partial charge in [0.05, 0.1) is 0 Å². The first kappa shape index (κ1) is 13.2. The van der Waals surface area contributed by atoms with Crippen LogP contribution in [-0.2, 0) is 11.0 Å². The Hall–Kier alpha value is -0.873. The highest BCUT2D eigenvalue weighted by Crippen LogP contribution is 2.36. The summed E-state index contributed by atoms with van der Waals surface area (Å²) in [5.41, 5.74) is 0.673. The second kappa shape index (κ2) is 4.55. The van der Waals surface area contributed by atoms with Gasteiger partial charge in [-0.25, -0.2) is 0 Å². The molecule has 1 aromatic heterocycles. The van der Waals surface area contributed by atoms with Gasteiger partial charge in [-0.1, -0.05) is 20.8 Å². The number of rotatable bonds is 3. The van der Waals surface area contributed by atoms with Gasteiger partial charge in [0, 0.05) is 12.1 Å². The normalized spacial score (nSPS) is 12.8. The molecule has 0 spiro atoms. The van der Waals surface area contributed by atoms with Gasteiger partial charge in [-0.3, -0.25) is 0 Å². The van der Waals surface area contributed by atoms with E-state index in [2.05, 4.69) is 33.9 Å². The van der Waals surface area contributed by atoms with Crippen LogP contribution >= 0.6 is 0 Å². The maximum Gasteiger partial charge on any atom is 0.217 e. The fraction of sp³-hybridized carbons (Fsp3) is 0.583. The summed E-state index contributed by atoms with van der Waals surface area (Å²) in [6, 6.07) is 5.39. The third kappa shape index (κ3) is 3.06. The lowest BCUT2D eigenvalue weighted by atomic mass is 10.2. The molecule has 0 aliphatic rings. The van der Waals surface area contributed by atoms with E-state index in [1.807, 2.05) is 6.07 Å². The SMILES string of the molecule is CC(C)(C)[Si](C)(C)OCc1cccc[n+]1[O-]. The average molecular weight is 239 g/mol. The molecule has 4 heteroatoms. The highest BCUT2D eigenvalue weighted by atomic mass is 28.4. The first-order valence-electron chi connectivity index (χ1n) is 5.55. The van der Waals surface area contributed by atoms with Crippen LogP contribution in [0.25, 0.3) is 0 Å². The van der Waals surface area contributed by atoms with Gasteiger partial charge in [0.1, 0.15) is 6.61 Å². The van der Waals surface area contributed by atoms with Gasteiger partial charge >= 0.3 is 0 Å². The van der Waals surface area contributed by atoms with Crippen LogP contribution in [0.3, 0.4) is 0 Å². The maximum atomic E-state index is 11.4. The Bertz CT molecular complexity index is 358. The zero-order valence-corrected chi connectivity index (χ0v) is 11.8. The Labute approximate surface area is 98.8 Å². The van der Waals surface area contributed by atoms with E-state index in [9.17, 15) is 5.21 Å². The summed E-state index contributed by atoms with van der Waals surface area (Å²) in [6.07, 6.45) is 1.50. The van der Waals surface area contributed by atoms with Crippen LogP contribution in [0.2, 0.25) is 18.1 Å². The second-order valence-electron chi connectivity index (χ2n) is 5.57. The van der Waals surface area contributed by atoms with E-state index in [1.165, 1.54) is 6.20 Å². The molecular formula is C12H21NO2Si. The fourth-order valence-corrected chi connectivity index (χ4v) is 1.99. The van der Waals surface area contributed by atoms with Crippen LogP contribution in [0.15, 0.2) is 24.4 Å². The van der Waals surface area contributed by atoms with Crippen LogP contribution in [-0.4, -0.2) is 8.32 Å². The number of aromatic nitrogens is 1. The Kier molecular flexibility index (Phi) is 3.75. The van der Waals surface area contributed by atoms with Crippen molar-refractivity contribution in [1.29, 1.82) is 0 Å². The van der Waals surface area contributed by atoms with Gasteiger partial charge < -0.3 is 9.63 Å². The van der Waals surface area contributed by atoms with E-state index in [4.69, 9.17) is 4.43 Å². The molecule has 16 heavy (non-hydrogen) atoms. The fourth-order valence-electron chi connectivity index (χ4n) is 1.05. The standard InChI is InChI=1S/C12H21NO2Si/c1-12(2,3)16(4,5)15-10-11-8-6-7-9-13(11)14/h6-9H,10H2,1-5H3. The van der Waals surface area contributed by atoms with Crippen LogP contribution in [0.4, 0.5) is 0 Å². The van der Waals surface area contributed by atoms with Crippen LogP contribution in [0, 0.1) is 5.21 Å². The summed E-state index contributed by atoms with van der Waals surface area (Å²) in [4.78, 5) is 0. The summed E-state index contributed by atoms with van der Waals surface area (Å²) in [7, 11) is -1.76. The molecule has 1 heterocycles. The summed E-state index contributed by atoms with van der Waals surface area (Å²) in [6.45, 7) is 11.3. The lowest BCUT2D eigenvalue weighted by Crippen LogP contribution is -2.42. The first-order chi connectivity index (χ1) is 7.24.